The van der Waals surface area contributed by atoms with Gasteiger partial charge in [-0.15, -0.1) is 24.0 Å². The first-order valence-electron chi connectivity index (χ1n) is 9.66. The number of hydrogen-bond acceptors (Lipinski definition) is 4. The number of halogens is 1. The van der Waals surface area contributed by atoms with Gasteiger partial charge in [-0.25, -0.2) is 0 Å². The number of rotatable bonds is 10. The van der Waals surface area contributed by atoms with Gasteiger partial charge in [0.25, 0.3) is 0 Å². The van der Waals surface area contributed by atoms with Crippen LogP contribution in [-0.4, -0.2) is 55.2 Å². The highest BCUT2D eigenvalue weighted by atomic mass is 127. The molecule has 0 amide bonds. The zero-order valence-corrected chi connectivity index (χ0v) is 21.2. The van der Waals surface area contributed by atoms with Gasteiger partial charge in [0.05, 0.1) is 20.8 Å². The third-order valence-corrected chi connectivity index (χ3v) is 5.64. The Morgan fingerprint density at radius 2 is 1.87 bits per heavy atom. The molecule has 2 aromatic rings. The molecule has 1 atom stereocenters. The topological polar surface area (TPSA) is 63.2 Å². The monoisotopic (exact) mass is 545 g/mol. The lowest BCUT2D eigenvalue weighted by Gasteiger charge is -2.23. The third-order valence-electron chi connectivity index (χ3n) is 4.35. The zero-order valence-electron chi connectivity index (χ0n) is 18.1. The molecule has 2 aromatic carbocycles. The van der Waals surface area contributed by atoms with Gasteiger partial charge >= 0.3 is 0 Å². The van der Waals surface area contributed by atoms with Crippen LogP contribution in [0.5, 0.6) is 11.5 Å². The van der Waals surface area contributed by atoms with E-state index < -0.39 is 10.8 Å². The predicted molar refractivity (Wildman–Crippen MR) is 136 cm³/mol. The van der Waals surface area contributed by atoms with Crippen LogP contribution in [0.2, 0.25) is 0 Å². The normalized spacial score (nSPS) is 11.9. The molecule has 0 saturated carbocycles. The van der Waals surface area contributed by atoms with Gasteiger partial charge in [-0.1, -0.05) is 30.3 Å². The standard InChI is InChI=1S/C22H31N3O3S.HI/c1-5-23-22(24-13-14-29(26)17-18-9-7-6-8-10-18)25(2)16-19-11-12-20(27-3)15-21(19)28-4;/h6-12,15H,5,13-14,16-17H2,1-4H3,(H,23,24);1H. The average Bonchev–Trinajstić information content (AvgIpc) is 2.74. The summed E-state index contributed by atoms with van der Waals surface area (Å²) in [4.78, 5) is 6.69. The van der Waals surface area contributed by atoms with Crippen LogP contribution in [0.15, 0.2) is 53.5 Å². The summed E-state index contributed by atoms with van der Waals surface area (Å²) in [6.07, 6.45) is 0. The summed E-state index contributed by atoms with van der Waals surface area (Å²) in [7, 11) is 4.33. The van der Waals surface area contributed by atoms with Gasteiger partial charge in [-0.05, 0) is 24.6 Å². The van der Waals surface area contributed by atoms with Crippen molar-refractivity contribution in [1.82, 2.24) is 10.2 Å². The van der Waals surface area contributed by atoms with Crippen LogP contribution in [0.1, 0.15) is 18.1 Å². The van der Waals surface area contributed by atoms with Crippen molar-refractivity contribution in [3.8, 4) is 11.5 Å². The molecule has 2 rings (SSSR count). The first kappa shape index (κ1) is 26.2. The van der Waals surface area contributed by atoms with E-state index in [4.69, 9.17) is 9.47 Å². The summed E-state index contributed by atoms with van der Waals surface area (Å²) in [6, 6.07) is 15.7. The van der Waals surface area contributed by atoms with Crippen LogP contribution in [0.4, 0.5) is 0 Å². The van der Waals surface area contributed by atoms with Crippen LogP contribution in [-0.2, 0) is 23.1 Å². The maximum Gasteiger partial charge on any atom is 0.193 e. The Hall–Kier alpha value is -1.81. The van der Waals surface area contributed by atoms with E-state index >= 15 is 0 Å². The van der Waals surface area contributed by atoms with Crippen molar-refractivity contribution in [3.05, 3.63) is 59.7 Å². The second-order valence-corrected chi connectivity index (χ2v) is 8.12. The molecule has 0 saturated heterocycles. The number of nitrogens with one attached hydrogen (secondary N) is 1. The lowest BCUT2D eigenvalue weighted by atomic mass is 10.2. The first-order valence-corrected chi connectivity index (χ1v) is 11.2. The Balaban J connectivity index is 0.00000450. The van der Waals surface area contributed by atoms with Crippen LogP contribution in [0.25, 0.3) is 0 Å². The number of nitrogens with zero attached hydrogens (tertiary/aromatic N) is 2. The van der Waals surface area contributed by atoms with Gasteiger partial charge in [0.15, 0.2) is 5.96 Å². The second-order valence-electron chi connectivity index (χ2n) is 6.54. The molecule has 0 radical (unpaired) electrons. The lowest BCUT2D eigenvalue weighted by Crippen LogP contribution is -2.38. The molecule has 8 heteroatoms. The van der Waals surface area contributed by atoms with Gasteiger partial charge < -0.3 is 19.7 Å². The van der Waals surface area contributed by atoms with Crippen molar-refractivity contribution in [2.24, 2.45) is 4.99 Å². The molecule has 30 heavy (non-hydrogen) atoms. The second kappa shape index (κ2) is 14.2. The van der Waals surface area contributed by atoms with E-state index in [-0.39, 0.29) is 24.0 Å². The number of guanidine groups is 1. The van der Waals surface area contributed by atoms with Crippen molar-refractivity contribution in [1.29, 1.82) is 0 Å². The number of ether oxygens (including phenoxy) is 2. The van der Waals surface area contributed by atoms with Crippen molar-refractivity contribution >= 4 is 40.7 Å². The van der Waals surface area contributed by atoms with Crippen molar-refractivity contribution in [2.75, 3.05) is 40.1 Å². The van der Waals surface area contributed by atoms with Crippen molar-refractivity contribution in [3.63, 3.8) is 0 Å². The quantitative estimate of drug-likeness (QED) is 0.281. The van der Waals surface area contributed by atoms with E-state index in [0.717, 1.165) is 35.1 Å². The zero-order chi connectivity index (χ0) is 21.1. The first-order chi connectivity index (χ1) is 14.1. The fourth-order valence-electron chi connectivity index (χ4n) is 2.87. The highest BCUT2D eigenvalue weighted by Crippen LogP contribution is 2.25. The molecule has 6 nitrogen and oxygen atoms in total. The summed E-state index contributed by atoms with van der Waals surface area (Å²) < 4.78 is 23.1. The fourth-order valence-corrected chi connectivity index (χ4v) is 3.87. The smallest absolute Gasteiger partial charge is 0.193 e. The molecule has 0 spiro atoms. The molecular formula is C22H32IN3O3S. The Kier molecular flexibility index (Phi) is 12.4. The summed E-state index contributed by atoms with van der Waals surface area (Å²) in [6.45, 7) is 3.93. The fraction of sp³-hybridized carbons (Fsp3) is 0.409. The summed E-state index contributed by atoms with van der Waals surface area (Å²) in [5.41, 5.74) is 2.12. The number of aliphatic imine (C=N–C) groups is 1. The highest BCUT2D eigenvalue weighted by molar-refractivity contribution is 14.0. The average molecular weight is 545 g/mol. The van der Waals surface area contributed by atoms with E-state index in [1.807, 2.05) is 67.4 Å². The molecule has 0 aliphatic rings. The molecule has 0 aliphatic carbocycles. The maximum atomic E-state index is 12.3. The molecule has 0 heterocycles. The Labute approximate surface area is 199 Å². The van der Waals surface area contributed by atoms with E-state index in [1.165, 1.54) is 0 Å². The van der Waals surface area contributed by atoms with Crippen molar-refractivity contribution < 1.29 is 13.7 Å². The minimum atomic E-state index is -0.939. The minimum absolute atomic E-state index is 0. The van der Waals surface area contributed by atoms with E-state index in [1.54, 1.807) is 14.2 Å². The minimum Gasteiger partial charge on any atom is -0.497 e. The number of hydrogen-bond donors (Lipinski definition) is 1. The third kappa shape index (κ3) is 8.51. The summed E-state index contributed by atoms with van der Waals surface area (Å²) in [5, 5.41) is 3.30. The molecule has 0 bridgehead atoms. The molecule has 166 valence electrons. The van der Waals surface area contributed by atoms with Crippen LogP contribution < -0.4 is 14.8 Å². The summed E-state index contributed by atoms with van der Waals surface area (Å²) >= 11 is 0. The predicted octanol–water partition coefficient (Wildman–Crippen LogP) is 3.67. The molecule has 1 N–H and O–H groups in total. The molecule has 1 unspecified atom stereocenters. The highest BCUT2D eigenvalue weighted by Gasteiger charge is 2.11. The summed E-state index contributed by atoms with van der Waals surface area (Å²) in [5.74, 6) is 3.41. The Morgan fingerprint density at radius 3 is 2.50 bits per heavy atom. The van der Waals surface area contributed by atoms with Crippen molar-refractivity contribution in [2.45, 2.75) is 19.2 Å². The van der Waals surface area contributed by atoms with E-state index in [9.17, 15) is 4.21 Å². The van der Waals surface area contributed by atoms with Crippen LogP contribution >= 0.6 is 24.0 Å². The lowest BCUT2D eigenvalue weighted by molar-refractivity contribution is 0.382. The Bertz CT molecular complexity index is 819. The van der Waals surface area contributed by atoms with E-state index in [2.05, 4.69) is 10.3 Å². The van der Waals surface area contributed by atoms with Gasteiger partial charge in [-0.3, -0.25) is 9.20 Å². The number of methoxy groups -OCH3 is 2. The molecule has 0 aliphatic heterocycles. The van der Waals surface area contributed by atoms with Gasteiger partial charge in [0, 0.05) is 54.1 Å². The molecular weight excluding hydrogens is 513 g/mol. The van der Waals surface area contributed by atoms with Gasteiger partial charge in [0.2, 0.25) is 0 Å². The maximum absolute atomic E-state index is 12.3. The van der Waals surface area contributed by atoms with Crippen LogP contribution in [0, 0.1) is 0 Å². The van der Waals surface area contributed by atoms with E-state index in [0.29, 0.717) is 24.6 Å². The van der Waals surface area contributed by atoms with Crippen LogP contribution in [0.3, 0.4) is 0 Å². The Morgan fingerprint density at radius 1 is 1.13 bits per heavy atom. The van der Waals surface area contributed by atoms with Gasteiger partial charge in [-0.2, -0.15) is 0 Å². The molecule has 0 fully saturated rings. The van der Waals surface area contributed by atoms with Gasteiger partial charge in [0.1, 0.15) is 11.5 Å². The SMILES string of the molecule is CCNC(=NCCS(=O)Cc1ccccc1)N(C)Cc1ccc(OC)cc1OC.I. The molecule has 0 aromatic heterocycles. The largest absolute Gasteiger partial charge is 0.497 e. The number of benzene rings is 2.